The summed E-state index contributed by atoms with van der Waals surface area (Å²) in [6.07, 6.45) is 3.22. The number of aromatic nitrogens is 1. The van der Waals surface area contributed by atoms with E-state index in [-0.39, 0.29) is 0 Å². The van der Waals surface area contributed by atoms with Gasteiger partial charge < -0.3 is 15.0 Å². The summed E-state index contributed by atoms with van der Waals surface area (Å²) < 4.78 is 5.22. The molecule has 2 aliphatic heterocycles. The minimum absolute atomic E-state index is 0.628. The summed E-state index contributed by atoms with van der Waals surface area (Å²) in [5.74, 6) is 1.77. The predicted molar refractivity (Wildman–Crippen MR) is 115 cm³/mol. The van der Waals surface area contributed by atoms with Gasteiger partial charge in [-0.15, -0.1) is 0 Å². The van der Waals surface area contributed by atoms with Crippen molar-refractivity contribution in [3.8, 4) is 6.07 Å². The quantitative estimate of drug-likeness (QED) is 0.732. The van der Waals surface area contributed by atoms with Crippen molar-refractivity contribution in [3.63, 3.8) is 0 Å². The Hall–Kier alpha value is -2.62. The molecule has 2 aromatic rings. The molecule has 6 nitrogen and oxygen atoms in total. The van der Waals surface area contributed by atoms with Gasteiger partial charge in [-0.1, -0.05) is 30.3 Å². The number of fused-ring (bicyclic) bond motifs is 1. The van der Waals surface area contributed by atoms with Crippen LogP contribution in [0.5, 0.6) is 0 Å². The van der Waals surface area contributed by atoms with E-state index in [1.165, 1.54) is 29.5 Å². The van der Waals surface area contributed by atoms with Gasteiger partial charge in [0.15, 0.2) is 0 Å². The fraction of sp³-hybridized carbons (Fsp3) is 0.478. The molecule has 0 radical (unpaired) electrons. The molecule has 4 rings (SSSR count). The molecule has 0 spiro atoms. The van der Waals surface area contributed by atoms with Crippen LogP contribution >= 0.6 is 0 Å². The Labute approximate surface area is 173 Å². The molecule has 1 aromatic heterocycles. The SMILES string of the molecule is COCCNc1nc(N2CCCC2)c(C#N)c2c1CN(Cc1ccccc1)CC2. The maximum absolute atomic E-state index is 9.97. The highest BCUT2D eigenvalue weighted by atomic mass is 16.5. The summed E-state index contributed by atoms with van der Waals surface area (Å²) in [7, 11) is 1.71. The Bertz CT molecular complexity index is 871. The number of anilines is 2. The van der Waals surface area contributed by atoms with Crippen molar-refractivity contribution in [1.29, 1.82) is 5.26 Å². The molecular formula is C23H29N5O. The number of nitriles is 1. The van der Waals surface area contributed by atoms with Gasteiger partial charge in [0.2, 0.25) is 0 Å². The first kappa shape index (κ1) is 19.7. The zero-order valence-electron chi connectivity index (χ0n) is 17.2. The average molecular weight is 392 g/mol. The Morgan fingerprint density at radius 3 is 2.66 bits per heavy atom. The summed E-state index contributed by atoms with van der Waals surface area (Å²) in [4.78, 5) is 9.68. The largest absolute Gasteiger partial charge is 0.383 e. The number of hydrogen-bond acceptors (Lipinski definition) is 6. The molecule has 0 amide bonds. The second-order valence-electron chi connectivity index (χ2n) is 7.79. The van der Waals surface area contributed by atoms with Crippen LogP contribution in [-0.4, -0.2) is 49.8 Å². The molecule has 0 aliphatic carbocycles. The lowest BCUT2D eigenvalue weighted by molar-refractivity contribution is 0.210. The van der Waals surface area contributed by atoms with Gasteiger partial charge in [0.25, 0.3) is 0 Å². The first-order chi connectivity index (χ1) is 14.3. The Morgan fingerprint density at radius 1 is 1.14 bits per heavy atom. The van der Waals surface area contributed by atoms with Crippen LogP contribution in [0.25, 0.3) is 0 Å². The molecule has 0 bridgehead atoms. The van der Waals surface area contributed by atoms with Gasteiger partial charge in [0.1, 0.15) is 17.7 Å². The van der Waals surface area contributed by atoms with Crippen molar-refractivity contribution in [2.45, 2.75) is 32.4 Å². The first-order valence-corrected chi connectivity index (χ1v) is 10.5. The van der Waals surface area contributed by atoms with Crippen molar-refractivity contribution in [2.24, 2.45) is 0 Å². The van der Waals surface area contributed by atoms with Gasteiger partial charge >= 0.3 is 0 Å². The number of hydrogen-bond donors (Lipinski definition) is 1. The predicted octanol–water partition coefficient (Wildman–Crippen LogP) is 3.17. The maximum Gasteiger partial charge on any atom is 0.149 e. The van der Waals surface area contributed by atoms with Gasteiger partial charge in [-0.2, -0.15) is 5.26 Å². The summed E-state index contributed by atoms with van der Waals surface area (Å²) in [5.41, 5.74) is 4.43. The third-order valence-corrected chi connectivity index (χ3v) is 5.82. The molecule has 2 aliphatic rings. The zero-order chi connectivity index (χ0) is 20.1. The van der Waals surface area contributed by atoms with Crippen LogP contribution in [-0.2, 0) is 24.2 Å². The van der Waals surface area contributed by atoms with E-state index in [0.29, 0.717) is 13.2 Å². The van der Waals surface area contributed by atoms with Gasteiger partial charge in [-0.3, -0.25) is 4.90 Å². The summed E-state index contributed by atoms with van der Waals surface area (Å²) in [6.45, 7) is 5.98. The molecule has 1 saturated heterocycles. The topological polar surface area (TPSA) is 64.4 Å². The highest BCUT2D eigenvalue weighted by Gasteiger charge is 2.28. The van der Waals surface area contributed by atoms with E-state index in [9.17, 15) is 5.26 Å². The molecule has 0 unspecified atom stereocenters. The average Bonchev–Trinajstić information content (AvgIpc) is 3.29. The Balaban J connectivity index is 1.66. The first-order valence-electron chi connectivity index (χ1n) is 10.5. The Morgan fingerprint density at radius 2 is 1.93 bits per heavy atom. The van der Waals surface area contributed by atoms with Crippen LogP contribution in [0, 0.1) is 11.3 Å². The molecule has 152 valence electrons. The highest BCUT2D eigenvalue weighted by Crippen LogP contribution is 2.34. The van der Waals surface area contributed by atoms with Gasteiger partial charge in [-0.25, -0.2) is 4.98 Å². The summed E-state index contributed by atoms with van der Waals surface area (Å²) >= 11 is 0. The lowest BCUT2D eigenvalue weighted by Gasteiger charge is -2.32. The third kappa shape index (κ3) is 4.36. The van der Waals surface area contributed by atoms with Crippen LogP contribution in [0.3, 0.4) is 0 Å². The van der Waals surface area contributed by atoms with Crippen molar-refractivity contribution in [1.82, 2.24) is 9.88 Å². The molecule has 29 heavy (non-hydrogen) atoms. The molecule has 3 heterocycles. The minimum atomic E-state index is 0.628. The van der Waals surface area contributed by atoms with E-state index < -0.39 is 0 Å². The number of rotatable bonds is 7. The van der Waals surface area contributed by atoms with E-state index in [4.69, 9.17) is 9.72 Å². The maximum atomic E-state index is 9.97. The number of nitrogens with one attached hydrogen (secondary N) is 1. The number of nitrogens with zero attached hydrogens (tertiary/aromatic N) is 4. The number of ether oxygens (including phenoxy) is 1. The second kappa shape index (κ2) is 9.25. The fourth-order valence-electron chi connectivity index (χ4n) is 4.35. The monoisotopic (exact) mass is 391 g/mol. The van der Waals surface area contributed by atoms with E-state index in [0.717, 1.165) is 56.3 Å². The lowest BCUT2D eigenvalue weighted by atomic mass is 9.95. The normalized spacial score (nSPS) is 16.5. The molecule has 0 saturated carbocycles. The van der Waals surface area contributed by atoms with Gasteiger partial charge in [0, 0.05) is 51.9 Å². The Kier molecular flexibility index (Phi) is 6.28. The third-order valence-electron chi connectivity index (χ3n) is 5.82. The number of pyridine rings is 1. The van der Waals surface area contributed by atoms with Crippen LogP contribution < -0.4 is 10.2 Å². The molecule has 6 heteroatoms. The smallest absolute Gasteiger partial charge is 0.149 e. The zero-order valence-corrected chi connectivity index (χ0v) is 17.2. The van der Waals surface area contributed by atoms with E-state index in [1.807, 2.05) is 0 Å². The molecule has 1 aromatic carbocycles. The van der Waals surface area contributed by atoms with Crippen LogP contribution in [0.15, 0.2) is 30.3 Å². The number of benzene rings is 1. The van der Waals surface area contributed by atoms with Crippen molar-refractivity contribution >= 4 is 11.6 Å². The number of methoxy groups -OCH3 is 1. The second-order valence-corrected chi connectivity index (χ2v) is 7.79. The van der Waals surface area contributed by atoms with Crippen LogP contribution in [0.1, 0.15) is 35.1 Å². The van der Waals surface area contributed by atoms with Gasteiger partial charge in [0.05, 0.1) is 12.2 Å². The van der Waals surface area contributed by atoms with Crippen LogP contribution in [0.2, 0.25) is 0 Å². The van der Waals surface area contributed by atoms with Crippen molar-refractivity contribution in [2.75, 3.05) is 50.1 Å². The van der Waals surface area contributed by atoms with Gasteiger partial charge in [-0.05, 0) is 30.4 Å². The van der Waals surface area contributed by atoms with Crippen molar-refractivity contribution < 1.29 is 4.74 Å². The fourth-order valence-corrected chi connectivity index (χ4v) is 4.35. The van der Waals surface area contributed by atoms with Crippen molar-refractivity contribution in [3.05, 3.63) is 52.6 Å². The molecule has 0 atom stereocenters. The van der Waals surface area contributed by atoms with E-state index >= 15 is 0 Å². The summed E-state index contributed by atoms with van der Waals surface area (Å²) in [5, 5.41) is 13.4. The molecule has 1 fully saturated rings. The molecule has 1 N–H and O–H groups in total. The summed E-state index contributed by atoms with van der Waals surface area (Å²) in [6, 6.07) is 13.0. The lowest BCUT2D eigenvalue weighted by Crippen LogP contribution is -2.33. The van der Waals surface area contributed by atoms with E-state index in [2.05, 4.69) is 51.5 Å². The highest BCUT2D eigenvalue weighted by molar-refractivity contribution is 5.67. The minimum Gasteiger partial charge on any atom is -0.383 e. The molecular weight excluding hydrogens is 362 g/mol. The standard InChI is InChI=1S/C23H29N5O/c1-29-14-10-25-22-21-17-27(16-18-7-3-2-4-8-18)13-9-19(21)20(15-24)23(26-22)28-11-5-6-12-28/h2-4,7-8H,5-6,9-14,16-17H2,1H3,(H,25,26). The van der Waals surface area contributed by atoms with Crippen LogP contribution in [0.4, 0.5) is 11.6 Å². The van der Waals surface area contributed by atoms with E-state index in [1.54, 1.807) is 7.11 Å².